The van der Waals surface area contributed by atoms with Gasteiger partial charge in [0.05, 0.1) is 0 Å². The van der Waals surface area contributed by atoms with E-state index in [4.69, 9.17) is 0 Å². The first-order valence-electron chi connectivity index (χ1n) is 4.57. The van der Waals surface area contributed by atoms with E-state index in [0.29, 0.717) is 0 Å². The van der Waals surface area contributed by atoms with Crippen molar-refractivity contribution in [2.75, 3.05) is 33.2 Å². The van der Waals surface area contributed by atoms with E-state index < -0.39 is 0 Å². The molecule has 0 fully saturated rings. The van der Waals surface area contributed by atoms with Crippen molar-refractivity contribution in [3.8, 4) is 0 Å². The van der Waals surface area contributed by atoms with E-state index in [9.17, 15) is 0 Å². The maximum Gasteiger partial charge on any atom is 0.0107 e. The van der Waals surface area contributed by atoms with Crippen molar-refractivity contribution in [1.82, 2.24) is 10.2 Å². The van der Waals surface area contributed by atoms with Crippen molar-refractivity contribution in [2.45, 2.75) is 20.8 Å². The van der Waals surface area contributed by atoms with Crippen LogP contribution >= 0.6 is 0 Å². The summed E-state index contributed by atoms with van der Waals surface area (Å²) in [5.74, 6) is 0.784. The van der Waals surface area contributed by atoms with Crippen molar-refractivity contribution < 1.29 is 0 Å². The largest absolute Gasteiger partial charge is 0.318 e. The van der Waals surface area contributed by atoms with Gasteiger partial charge in [-0.05, 0) is 19.5 Å². The first-order valence-corrected chi connectivity index (χ1v) is 4.57. The summed E-state index contributed by atoms with van der Waals surface area (Å²) >= 11 is 0. The monoisotopic (exact) mass is 158 g/mol. The molecule has 0 aromatic rings. The van der Waals surface area contributed by atoms with Crippen LogP contribution in [-0.2, 0) is 0 Å². The van der Waals surface area contributed by atoms with Gasteiger partial charge in [0.1, 0.15) is 0 Å². The summed E-state index contributed by atoms with van der Waals surface area (Å²) < 4.78 is 0. The molecule has 0 rings (SSSR count). The van der Waals surface area contributed by atoms with Crippen molar-refractivity contribution in [3.05, 3.63) is 0 Å². The fourth-order valence-electron chi connectivity index (χ4n) is 1.16. The van der Waals surface area contributed by atoms with Crippen LogP contribution in [-0.4, -0.2) is 38.1 Å². The van der Waals surface area contributed by atoms with Crippen molar-refractivity contribution in [3.63, 3.8) is 0 Å². The van der Waals surface area contributed by atoms with E-state index in [2.05, 4.69) is 31.0 Å². The number of likely N-dealkylation sites (N-methyl/N-ethyl adjacent to an activating group) is 2. The highest BCUT2D eigenvalue weighted by Crippen LogP contribution is 1.96. The molecule has 0 aliphatic rings. The third-order valence-corrected chi connectivity index (χ3v) is 1.75. The van der Waals surface area contributed by atoms with Crippen LogP contribution in [0.5, 0.6) is 0 Å². The molecule has 68 valence electrons. The normalized spacial score (nSPS) is 11.5. The van der Waals surface area contributed by atoms with Gasteiger partial charge in [0.15, 0.2) is 0 Å². The molecule has 11 heavy (non-hydrogen) atoms. The molecule has 2 heteroatoms. The van der Waals surface area contributed by atoms with Crippen LogP contribution in [0, 0.1) is 5.92 Å². The smallest absolute Gasteiger partial charge is 0.0107 e. The first-order chi connectivity index (χ1) is 5.20. The number of hydrogen-bond acceptors (Lipinski definition) is 2. The lowest BCUT2D eigenvalue weighted by molar-refractivity contribution is 0.258. The Morgan fingerprint density at radius 3 is 2.36 bits per heavy atom. The number of hydrogen-bond donors (Lipinski definition) is 1. The Morgan fingerprint density at radius 2 is 2.00 bits per heavy atom. The zero-order valence-electron chi connectivity index (χ0n) is 8.35. The second-order valence-corrected chi connectivity index (χ2v) is 3.39. The maximum atomic E-state index is 3.16. The summed E-state index contributed by atoms with van der Waals surface area (Å²) in [6.45, 7) is 11.4. The Balaban J connectivity index is 3.41. The number of nitrogens with zero attached hydrogens (tertiary/aromatic N) is 1. The van der Waals surface area contributed by atoms with Gasteiger partial charge in [0, 0.05) is 19.6 Å². The third kappa shape index (κ3) is 6.32. The average molecular weight is 158 g/mol. The number of rotatable bonds is 6. The van der Waals surface area contributed by atoms with Gasteiger partial charge in [-0.2, -0.15) is 0 Å². The Kier molecular flexibility index (Phi) is 6.57. The number of nitrogens with one attached hydrogen (secondary N) is 1. The minimum Gasteiger partial charge on any atom is -0.318 e. The van der Waals surface area contributed by atoms with E-state index in [-0.39, 0.29) is 0 Å². The molecule has 0 spiro atoms. The topological polar surface area (TPSA) is 15.3 Å². The third-order valence-electron chi connectivity index (χ3n) is 1.75. The molecule has 0 bridgehead atoms. The lowest BCUT2D eigenvalue weighted by Gasteiger charge is -2.21. The second kappa shape index (κ2) is 6.62. The fourth-order valence-corrected chi connectivity index (χ4v) is 1.16. The fraction of sp³-hybridized carbons (Fsp3) is 1.00. The molecular weight excluding hydrogens is 136 g/mol. The van der Waals surface area contributed by atoms with Crippen molar-refractivity contribution >= 4 is 0 Å². The molecule has 0 saturated carbocycles. The Bertz CT molecular complexity index is 81.6. The summed E-state index contributed by atoms with van der Waals surface area (Å²) in [5, 5.41) is 3.16. The summed E-state index contributed by atoms with van der Waals surface area (Å²) in [6.07, 6.45) is 0. The predicted octanol–water partition coefficient (Wildman–Crippen LogP) is 1.18. The molecule has 0 amide bonds. The minimum absolute atomic E-state index is 0.784. The molecule has 0 aliphatic heterocycles. The first kappa shape index (κ1) is 10.9. The molecule has 0 heterocycles. The van der Waals surface area contributed by atoms with Gasteiger partial charge in [-0.1, -0.05) is 20.8 Å². The highest BCUT2D eigenvalue weighted by molar-refractivity contribution is 4.58. The minimum atomic E-state index is 0.784. The van der Waals surface area contributed by atoms with Gasteiger partial charge in [-0.25, -0.2) is 0 Å². The SMILES string of the molecule is CCN(CCNC)CC(C)C. The van der Waals surface area contributed by atoms with E-state index in [1.807, 2.05) is 7.05 Å². The molecule has 0 radical (unpaired) electrons. The van der Waals surface area contributed by atoms with Crippen LogP contribution in [0.25, 0.3) is 0 Å². The zero-order chi connectivity index (χ0) is 8.69. The van der Waals surface area contributed by atoms with Crippen LogP contribution in [0.2, 0.25) is 0 Å². The van der Waals surface area contributed by atoms with Crippen LogP contribution < -0.4 is 5.32 Å². The summed E-state index contributed by atoms with van der Waals surface area (Å²) in [7, 11) is 2.00. The predicted molar refractivity (Wildman–Crippen MR) is 50.9 cm³/mol. The van der Waals surface area contributed by atoms with E-state index in [1.54, 1.807) is 0 Å². The maximum absolute atomic E-state index is 3.16. The molecule has 0 unspecified atom stereocenters. The van der Waals surface area contributed by atoms with E-state index in [1.165, 1.54) is 19.6 Å². The highest BCUT2D eigenvalue weighted by atomic mass is 15.1. The summed E-state index contributed by atoms with van der Waals surface area (Å²) in [4.78, 5) is 2.47. The van der Waals surface area contributed by atoms with Gasteiger partial charge in [-0.3, -0.25) is 0 Å². The molecule has 0 atom stereocenters. The Hall–Kier alpha value is -0.0800. The summed E-state index contributed by atoms with van der Waals surface area (Å²) in [6, 6.07) is 0. The van der Waals surface area contributed by atoms with Crippen LogP contribution in [0.3, 0.4) is 0 Å². The molecule has 0 aromatic carbocycles. The lowest BCUT2D eigenvalue weighted by Crippen LogP contribution is -2.33. The van der Waals surface area contributed by atoms with Gasteiger partial charge < -0.3 is 10.2 Å². The molecule has 0 aliphatic carbocycles. The highest BCUT2D eigenvalue weighted by Gasteiger charge is 2.02. The molecule has 1 N–H and O–H groups in total. The van der Waals surface area contributed by atoms with Crippen LogP contribution in [0.4, 0.5) is 0 Å². The zero-order valence-corrected chi connectivity index (χ0v) is 8.35. The van der Waals surface area contributed by atoms with Gasteiger partial charge in [0.2, 0.25) is 0 Å². The van der Waals surface area contributed by atoms with Gasteiger partial charge in [0.25, 0.3) is 0 Å². The Morgan fingerprint density at radius 1 is 1.36 bits per heavy atom. The van der Waals surface area contributed by atoms with Gasteiger partial charge in [-0.15, -0.1) is 0 Å². The van der Waals surface area contributed by atoms with Crippen molar-refractivity contribution in [1.29, 1.82) is 0 Å². The molecule has 2 nitrogen and oxygen atoms in total. The standard InChI is InChI=1S/C9H22N2/c1-5-11(7-6-10-4)8-9(2)3/h9-10H,5-8H2,1-4H3. The molecular formula is C9H22N2. The molecule has 0 aromatic heterocycles. The Labute approximate surface area is 71.0 Å². The van der Waals surface area contributed by atoms with E-state index in [0.717, 1.165) is 12.5 Å². The van der Waals surface area contributed by atoms with E-state index >= 15 is 0 Å². The average Bonchev–Trinajstić information content (AvgIpc) is 1.97. The van der Waals surface area contributed by atoms with Gasteiger partial charge >= 0.3 is 0 Å². The summed E-state index contributed by atoms with van der Waals surface area (Å²) in [5.41, 5.74) is 0. The molecule has 0 saturated heterocycles. The second-order valence-electron chi connectivity index (χ2n) is 3.39. The quantitative estimate of drug-likeness (QED) is 0.624. The van der Waals surface area contributed by atoms with Crippen LogP contribution in [0.15, 0.2) is 0 Å². The van der Waals surface area contributed by atoms with Crippen molar-refractivity contribution in [2.24, 2.45) is 5.92 Å². The van der Waals surface area contributed by atoms with Crippen LogP contribution in [0.1, 0.15) is 20.8 Å². The lowest BCUT2D eigenvalue weighted by atomic mass is 10.2.